The SMILES string of the molecule is Cc1cc(C)n2nc(C(=O)NC(C)c3ccc4c(c3)CCCC4)nc2n1. The quantitative estimate of drug-likeness (QED) is 0.788. The van der Waals surface area contributed by atoms with Crippen LogP contribution in [0, 0.1) is 13.8 Å². The largest absolute Gasteiger partial charge is 0.343 e. The maximum Gasteiger partial charge on any atom is 0.291 e. The number of carbonyl (C=O) groups excluding carboxylic acids is 1. The number of hydrogen-bond acceptors (Lipinski definition) is 4. The molecule has 134 valence electrons. The molecule has 3 aromatic rings. The van der Waals surface area contributed by atoms with E-state index in [0.29, 0.717) is 5.78 Å². The summed E-state index contributed by atoms with van der Waals surface area (Å²) in [4.78, 5) is 21.2. The van der Waals surface area contributed by atoms with Crippen molar-refractivity contribution in [3.63, 3.8) is 0 Å². The number of nitrogens with zero attached hydrogens (tertiary/aromatic N) is 4. The molecule has 0 radical (unpaired) electrons. The number of rotatable bonds is 3. The van der Waals surface area contributed by atoms with Crippen LogP contribution in [-0.2, 0) is 12.8 Å². The molecule has 1 amide bonds. The first-order chi connectivity index (χ1) is 12.5. The zero-order valence-electron chi connectivity index (χ0n) is 15.4. The molecule has 1 aromatic carbocycles. The molecule has 4 rings (SSSR count). The van der Waals surface area contributed by atoms with Gasteiger partial charge in [-0.15, -0.1) is 5.10 Å². The summed E-state index contributed by atoms with van der Waals surface area (Å²) in [6, 6.07) is 8.36. The fourth-order valence-corrected chi connectivity index (χ4v) is 3.63. The van der Waals surface area contributed by atoms with Gasteiger partial charge in [0.1, 0.15) is 0 Å². The Balaban J connectivity index is 1.55. The first kappa shape index (κ1) is 16.7. The van der Waals surface area contributed by atoms with Crippen LogP contribution in [0.2, 0.25) is 0 Å². The Morgan fingerprint density at radius 2 is 1.88 bits per heavy atom. The highest BCUT2D eigenvalue weighted by atomic mass is 16.2. The van der Waals surface area contributed by atoms with E-state index in [2.05, 4.69) is 38.6 Å². The third-order valence-corrected chi connectivity index (χ3v) is 5.04. The Bertz CT molecular complexity index is 991. The van der Waals surface area contributed by atoms with Crippen molar-refractivity contribution in [2.75, 3.05) is 0 Å². The summed E-state index contributed by atoms with van der Waals surface area (Å²) in [5.74, 6) is 0.322. The van der Waals surface area contributed by atoms with Crippen molar-refractivity contribution in [1.29, 1.82) is 0 Å². The smallest absolute Gasteiger partial charge is 0.291 e. The Kier molecular flexibility index (Phi) is 4.18. The molecule has 0 bridgehead atoms. The highest BCUT2D eigenvalue weighted by molar-refractivity contribution is 5.91. The molecule has 2 aromatic heterocycles. The van der Waals surface area contributed by atoms with Crippen molar-refractivity contribution in [1.82, 2.24) is 24.9 Å². The van der Waals surface area contributed by atoms with E-state index in [9.17, 15) is 4.79 Å². The van der Waals surface area contributed by atoms with Crippen LogP contribution >= 0.6 is 0 Å². The molecule has 26 heavy (non-hydrogen) atoms. The molecule has 1 N–H and O–H groups in total. The molecule has 1 aliphatic carbocycles. The molecular formula is C20H23N5O. The lowest BCUT2D eigenvalue weighted by atomic mass is 9.89. The number of fused-ring (bicyclic) bond motifs is 2. The third-order valence-electron chi connectivity index (χ3n) is 5.04. The number of benzene rings is 1. The van der Waals surface area contributed by atoms with Crippen molar-refractivity contribution in [2.24, 2.45) is 0 Å². The van der Waals surface area contributed by atoms with Crippen molar-refractivity contribution in [3.8, 4) is 0 Å². The summed E-state index contributed by atoms with van der Waals surface area (Å²) < 4.78 is 1.60. The Morgan fingerprint density at radius 1 is 1.12 bits per heavy atom. The van der Waals surface area contributed by atoms with E-state index in [1.807, 2.05) is 26.8 Å². The number of aryl methyl sites for hydroxylation is 4. The summed E-state index contributed by atoms with van der Waals surface area (Å²) in [5.41, 5.74) is 5.74. The zero-order valence-corrected chi connectivity index (χ0v) is 15.4. The number of aromatic nitrogens is 4. The number of hydrogen-bond donors (Lipinski definition) is 1. The molecule has 1 aliphatic rings. The fraction of sp³-hybridized carbons (Fsp3) is 0.400. The average Bonchev–Trinajstić information content (AvgIpc) is 3.05. The Labute approximate surface area is 152 Å². The van der Waals surface area contributed by atoms with Crippen LogP contribution in [0.15, 0.2) is 24.3 Å². The van der Waals surface area contributed by atoms with Crippen LogP contribution in [0.4, 0.5) is 0 Å². The lowest BCUT2D eigenvalue weighted by molar-refractivity contribution is 0.0929. The van der Waals surface area contributed by atoms with E-state index < -0.39 is 0 Å². The monoisotopic (exact) mass is 349 g/mol. The van der Waals surface area contributed by atoms with Gasteiger partial charge in [-0.25, -0.2) is 9.50 Å². The highest BCUT2D eigenvalue weighted by Crippen LogP contribution is 2.24. The van der Waals surface area contributed by atoms with Gasteiger partial charge >= 0.3 is 0 Å². The minimum absolute atomic E-state index is 0.0999. The van der Waals surface area contributed by atoms with Crippen molar-refractivity contribution in [2.45, 2.75) is 52.5 Å². The van der Waals surface area contributed by atoms with E-state index >= 15 is 0 Å². The molecule has 0 saturated carbocycles. The van der Waals surface area contributed by atoms with Crippen molar-refractivity contribution >= 4 is 11.7 Å². The van der Waals surface area contributed by atoms with Crippen LogP contribution < -0.4 is 5.32 Å². The van der Waals surface area contributed by atoms with Gasteiger partial charge in [-0.3, -0.25) is 4.79 Å². The van der Waals surface area contributed by atoms with E-state index in [1.54, 1.807) is 4.52 Å². The lowest BCUT2D eigenvalue weighted by Gasteiger charge is -2.19. The predicted octanol–water partition coefficient (Wildman–Crippen LogP) is 3.11. The molecule has 0 fully saturated rings. The third kappa shape index (κ3) is 3.07. The topological polar surface area (TPSA) is 72.2 Å². The maximum atomic E-state index is 12.6. The van der Waals surface area contributed by atoms with Gasteiger partial charge in [0, 0.05) is 11.4 Å². The van der Waals surface area contributed by atoms with Crippen LogP contribution in [0.3, 0.4) is 0 Å². The molecule has 0 spiro atoms. The minimum atomic E-state index is -0.280. The van der Waals surface area contributed by atoms with E-state index in [1.165, 1.54) is 24.0 Å². The molecule has 0 aliphatic heterocycles. The van der Waals surface area contributed by atoms with Crippen molar-refractivity contribution in [3.05, 3.63) is 58.2 Å². The van der Waals surface area contributed by atoms with Crippen LogP contribution in [0.25, 0.3) is 5.78 Å². The average molecular weight is 349 g/mol. The number of carbonyl (C=O) groups is 1. The van der Waals surface area contributed by atoms with Crippen LogP contribution in [0.5, 0.6) is 0 Å². The van der Waals surface area contributed by atoms with Gasteiger partial charge in [0.25, 0.3) is 11.7 Å². The van der Waals surface area contributed by atoms with Gasteiger partial charge in [0.05, 0.1) is 6.04 Å². The zero-order chi connectivity index (χ0) is 18.3. The molecule has 2 heterocycles. The van der Waals surface area contributed by atoms with E-state index in [4.69, 9.17) is 0 Å². The van der Waals surface area contributed by atoms with E-state index in [-0.39, 0.29) is 17.8 Å². The summed E-state index contributed by atoms with van der Waals surface area (Å²) >= 11 is 0. The van der Waals surface area contributed by atoms with Crippen LogP contribution in [-0.4, -0.2) is 25.5 Å². The maximum absolute atomic E-state index is 12.6. The minimum Gasteiger partial charge on any atom is -0.343 e. The standard InChI is InChI=1S/C20H23N5O/c1-12-10-13(2)25-20(21-12)23-18(24-25)19(26)22-14(3)16-9-8-15-6-4-5-7-17(15)11-16/h8-11,14H,4-7H2,1-3H3,(H,22,26). The molecule has 6 nitrogen and oxygen atoms in total. The van der Waals surface area contributed by atoms with Gasteiger partial charge in [0.2, 0.25) is 5.82 Å². The first-order valence-corrected chi connectivity index (χ1v) is 9.15. The summed E-state index contributed by atoms with van der Waals surface area (Å²) in [6.07, 6.45) is 4.80. The highest BCUT2D eigenvalue weighted by Gasteiger charge is 2.19. The molecule has 6 heteroatoms. The van der Waals surface area contributed by atoms with Gasteiger partial charge in [-0.1, -0.05) is 18.2 Å². The summed E-state index contributed by atoms with van der Waals surface area (Å²) in [5, 5.41) is 7.31. The van der Waals surface area contributed by atoms with Gasteiger partial charge in [-0.2, -0.15) is 4.98 Å². The molecule has 0 saturated heterocycles. The van der Waals surface area contributed by atoms with Crippen LogP contribution in [0.1, 0.15) is 64.5 Å². The first-order valence-electron chi connectivity index (χ1n) is 9.15. The Morgan fingerprint density at radius 3 is 2.69 bits per heavy atom. The molecule has 1 atom stereocenters. The second-order valence-corrected chi connectivity index (χ2v) is 7.12. The van der Waals surface area contributed by atoms with Gasteiger partial charge in [-0.05, 0) is 69.2 Å². The van der Waals surface area contributed by atoms with E-state index in [0.717, 1.165) is 29.8 Å². The predicted molar refractivity (Wildman–Crippen MR) is 99.2 cm³/mol. The lowest BCUT2D eigenvalue weighted by Crippen LogP contribution is -2.28. The molecule has 1 unspecified atom stereocenters. The molecular weight excluding hydrogens is 326 g/mol. The van der Waals surface area contributed by atoms with Crippen molar-refractivity contribution < 1.29 is 4.79 Å². The summed E-state index contributed by atoms with van der Waals surface area (Å²) in [7, 11) is 0. The number of nitrogens with one attached hydrogen (secondary N) is 1. The fourth-order valence-electron chi connectivity index (χ4n) is 3.63. The normalized spacial score (nSPS) is 14.9. The van der Waals surface area contributed by atoms with Gasteiger partial charge < -0.3 is 5.32 Å². The second kappa shape index (κ2) is 6.52. The second-order valence-electron chi connectivity index (χ2n) is 7.12. The summed E-state index contributed by atoms with van der Waals surface area (Å²) in [6.45, 7) is 5.82. The Hall–Kier alpha value is -2.76. The van der Waals surface area contributed by atoms with Gasteiger partial charge in [0.15, 0.2) is 0 Å². The number of amides is 1.